The summed E-state index contributed by atoms with van der Waals surface area (Å²) >= 11 is 0. The summed E-state index contributed by atoms with van der Waals surface area (Å²) in [7, 11) is 1.77. The van der Waals surface area contributed by atoms with Gasteiger partial charge in [-0.25, -0.2) is 4.79 Å². The van der Waals surface area contributed by atoms with Crippen LogP contribution in [0.15, 0.2) is 24.3 Å². The molecule has 7 heteroatoms. The first-order valence-electron chi connectivity index (χ1n) is 6.60. The summed E-state index contributed by atoms with van der Waals surface area (Å²) in [6.45, 7) is 2.92. The molecule has 110 valence electrons. The minimum absolute atomic E-state index is 0.338. The smallest absolute Gasteiger partial charge is 0.324 e. The van der Waals surface area contributed by atoms with Crippen LogP contribution in [-0.4, -0.2) is 29.0 Å². The van der Waals surface area contributed by atoms with Crippen molar-refractivity contribution in [3.63, 3.8) is 0 Å². The quantitative estimate of drug-likeness (QED) is 0.887. The number of nitrogens with one attached hydrogen (secondary N) is 2. The Morgan fingerprint density at radius 2 is 1.95 bits per heavy atom. The van der Waals surface area contributed by atoms with E-state index < -0.39 is 0 Å². The molecule has 1 aliphatic heterocycles. The Morgan fingerprint density at radius 3 is 2.67 bits per heavy atom. The molecule has 0 unspecified atom stereocenters. The van der Waals surface area contributed by atoms with Gasteiger partial charge in [0.2, 0.25) is 0 Å². The Kier molecular flexibility index (Phi) is 3.39. The van der Waals surface area contributed by atoms with Gasteiger partial charge in [-0.2, -0.15) is 5.10 Å². The van der Waals surface area contributed by atoms with Gasteiger partial charge in [-0.3, -0.25) is 10.00 Å². The number of benzene rings is 1. The fourth-order valence-corrected chi connectivity index (χ4v) is 2.13. The predicted molar refractivity (Wildman–Crippen MR) is 78.0 cm³/mol. The van der Waals surface area contributed by atoms with E-state index in [9.17, 15) is 4.79 Å². The molecule has 0 fully saturated rings. The highest BCUT2D eigenvalue weighted by Crippen LogP contribution is 2.32. The molecule has 0 spiro atoms. The average molecular weight is 288 g/mol. The zero-order chi connectivity index (χ0) is 14.8. The summed E-state index contributed by atoms with van der Waals surface area (Å²) in [5, 5.41) is 9.65. The first kappa shape index (κ1) is 13.3. The Morgan fingerprint density at radius 1 is 1.19 bits per heavy atom. The van der Waals surface area contributed by atoms with Gasteiger partial charge in [0, 0.05) is 24.9 Å². The maximum atomic E-state index is 12.0. The highest BCUT2D eigenvalue weighted by atomic mass is 16.6. The van der Waals surface area contributed by atoms with Crippen LogP contribution in [-0.2, 0) is 7.05 Å². The lowest BCUT2D eigenvalue weighted by atomic mass is 10.2. The summed E-state index contributed by atoms with van der Waals surface area (Å²) in [6, 6.07) is 6.74. The third kappa shape index (κ3) is 2.91. The number of ether oxygens (including phenoxy) is 2. The number of hydrogen-bond donors (Lipinski definition) is 2. The van der Waals surface area contributed by atoms with Crippen molar-refractivity contribution in [2.45, 2.75) is 6.92 Å². The van der Waals surface area contributed by atoms with Crippen LogP contribution in [0.4, 0.5) is 16.3 Å². The highest BCUT2D eigenvalue weighted by Gasteiger charge is 2.13. The molecule has 2 heterocycles. The van der Waals surface area contributed by atoms with Crippen LogP contribution in [0.2, 0.25) is 0 Å². The van der Waals surface area contributed by atoms with E-state index in [2.05, 4.69) is 15.7 Å². The van der Waals surface area contributed by atoms with Gasteiger partial charge >= 0.3 is 6.03 Å². The van der Waals surface area contributed by atoms with E-state index in [0.717, 1.165) is 5.69 Å². The van der Waals surface area contributed by atoms with Crippen molar-refractivity contribution in [3.05, 3.63) is 30.0 Å². The van der Waals surface area contributed by atoms with Gasteiger partial charge in [-0.15, -0.1) is 0 Å². The van der Waals surface area contributed by atoms with Gasteiger partial charge in [0.05, 0.1) is 5.69 Å². The van der Waals surface area contributed by atoms with Gasteiger partial charge in [-0.05, 0) is 19.1 Å². The van der Waals surface area contributed by atoms with Crippen LogP contribution in [0.5, 0.6) is 11.5 Å². The molecule has 2 N–H and O–H groups in total. The third-order valence-corrected chi connectivity index (χ3v) is 3.04. The number of anilines is 2. The number of fused-ring (bicyclic) bond motifs is 1. The van der Waals surface area contributed by atoms with Crippen molar-refractivity contribution in [2.75, 3.05) is 23.8 Å². The van der Waals surface area contributed by atoms with Crippen molar-refractivity contribution in [1.82, 2.24) is 9.78 Å². The molecule has 2 aromatic rings. The number of aromatic nitrogens is 2. The lowest BCUT2D eigenvalue weighted by Gasteiger charge is -2.19. The Balaban J connectivity index is 1.68. The Labute approximate surface area is 121 Å². The largest absolute Gasteiger partial charge is 0.486 e. The molecule has 0 aliphatic carbocycles. The summed E-state index contributed by atoms with van der Waals surface area (Å²) in [4.78, 5) is 12.0. The topological polar surface area (TPSA) is 77.4 Å². The second kappa shape index (κ2) is 5.35. The molecule has 0 radical (unpaired) electrons. The van der Waals surface area contributed by atoms with Crippen LogP contribution in [0.3, 0.4) is 0 Å². The monoisotopic (exact) mass is 288 g/mol. The number of urea groups is 1. The molecular formula is C14H16N4O3. The van der Waals surface area contributed by atoms with Crippen molar-refractivity contribution in [3.8, 4) is 11.5 Å². The maximum absolute atomic E-state index is 12.0. The van der Waals surface area contributed by atoms with Crippen LogP contribution in [0.25, 0.3) is 0 Å². The van der Waals surface area contributed by atoms with E-state index in [4.69, 9.17) is 9.47 Å². The average Bonchev–Trinajstić information content (AvgIpc) is 2.76. The molecule has 7 nitrogen and oxygen atoms in total. The molecule has 0 bridgehead atoms. The molecule has 0 atom stereocenters. The molecule has 3 rings (SSSR count). The standard InChI is InChI=1S/C14H16N4O3/c1-9-7-13(18(2)17-9)16-14(19)15-10-3-4-11-12(8-10)21-6-5-20-11/h3-4,7-8H,5-6H2,1-2H3,(H2,15,16,19). The van der Waals surface area contributed by atoms with E-state index in [-0.39, 0.29) is 6.03 Å². The molecule has 0 saturated carbocycles. The van der Waals surface area contributed by atoms with Crippen LogP contribution >= 0.6 is 0 Å². The third-order valence-electron chi connectivity index (χ3n) is 3.04. The number of rotatable bonds is 2. The lowest BCUT2D eigenvalue weighted by molar-refractivity contribution is 0.171. The minimum Gasteiger partial charge on any atom is -0.486 e. The normalized spacial score (nSPS) is 12.9. The van der Waals surface area contributed by atoms with Gasteiger partial charge in [0.25, 0.3) is 0 Å². The summed E-state index contributed by atoms with van der Waals surface area (Å²) < 4.78 is 12.5. The zero-order valence-electron chi connectivity index (χ0n) is 11.8. The second-order valence-corrected chi connectivity index (χ2v) is 4.73. The number of nitrogens with zero attached hydrogens (tertiary/aromatic N) is 2. The maximum Gasteiger partial charge on any atom is 0.324 e. The molecular weight excluding hydrogens is 272 g/mol. The summed E-state index contributed by atoms with van der Waals surface area (Å²) in [6.07, 6.45) is 0. The van der Waals surface area contributed by atoms with E-state index in [1.54, 1.807) is 36.0 Å². The van der Waals surface area contributed by atoms with Crippen LogP contribution in [0, 0.1) is 6.92 Å². The van der Waals surface area contributed by atoms with Gasteiger partial charge in [-0.1, -0.05) is 0 Å². The van der Waals surface area contributed by atoms with Crippen molar-refractivity contribution < 1.29 is 14.3 Å². The van der Waals surface area contributed by atoms with E-state index in [0.29, 0.717) is 36.2 Å². The Hall–Kier alpha value is -2.70. The van der Waals surface area contributed by atoms with Gasteiger partial charge < -0.3 is 14.8 Å². The molecule has 2 amide bonds. The van der Waals surface area contributed by atoms with Crippen molar-refractivity contribution >= 4 is 17.5 Å². The molecule has 1 aromatic carbocycles. The second-order valence-electron chi connectivity index (χ2n) is 4.73. The molecule has 0 saturated heterocycles. The van der Waals surface area contributed by atoms with Crippen LogP contribution < -0.4 is 20.1 Å². The van der Waals surface area contributed by atoms with Crippen molar-refractivity contribution in [1.29, 1.82) is 0 Å². The fraction of sp³-hybridized carbons (Fsp3) is 0.286. The number of carbonyl (C=O) groups excluding carboxylic acids is 1. The lowest BCUT2D eigenvalue weighted by Crippen LogP contribution is -2.21. The molecule has 1 aliphatic rings. The Bertz CT molecular complexity index is 681. The van der Waals surface area contributed by atoms with Gasteiger partial charge in [0.15, 0.2) is 11.5 Å². The highest BCUT2D eigenvalue weighted by molar-refractivity contribution is 5.99. The molecule has 1 aromatic heterocycles. The number of aryl methyl sites for hydroxylation is 2. The van der Waals surface area contributed by atoms with Gasteiger partial charge in [0.1, 0.15) is 19.0 Å². The predicted octanol–water partition coefficient (Wildman–Crippen LogP) is 2.14. The first-order valence-corrected chi connectivity index (χ1v) is 6.60. The fourth-order valence-electron chi connectivity index (χ4n) is 2.13. The van der Waals surface area contributed by atoms with E-state index >= 15 is 0 Å². The molecule has 21 heavy (non-hydrogen) atoms. The number of hydrogen-bond acceptors (Lipinski definition) is 4. The first-order chi connectivity index (χ1) is 10.1. The van der Waals surface area contributed by atoms with Crippen LogP contribution in [0.1, 0.15) is 5.69 Å². The van der Waals surface area contributed by atoms with E-state index in [1.807, 2.05) is 6.92 Å². The SMILES string of the molecule is Cc1cc(NC(=O)Nc2ccc3c(c2)OCCO3)n(C)n1. The van der Waals surface area contributed by atoms with E-state index in [1.165, 1.54) is 0 Å². The summed E-state index contributed by atoms with van der Waals surface area (Å²) in [5.41, 5.74) is 1.47. The zero-order valence-corrected chi connectivity index (χ0v) is 11.8. The number of amides is 2. The summed E-state index contributed by atoms with van der Waals surface area (Å²) in [5.74, 6) is 1.95. The van der Waals surface area contributed by atoms with Crippen molar-refractivity contribution in [2.24, 2.45) is 7.05 Å². The minimum atomic E-state index is -0.338. The number of carbonyl (C=O) groups is 1.